The van der Waals surface area contributed by atoms with Crippen LogP contribution < -0.4 is 5.32 Å². The fourth-order valence-electron chi connectivity index (χ4n) is 2.23. The Labute approximate surface area is 126 Å². The van der Waals surface area contributed by atoms with E-state index in [1.165, 1.54) is 23.3 Å². The first-order valence-electron chi connectivity index (χ1n) is 7.46. The lowest BCUT2D eigenvalue weighted by atomic mass is 10.2. The van der Waals surface area contributed by atoms with Crippen molar-refractivity contribution in [2.24, 2.45) is 0 Å². The van der Waals surface area contributed by atoms with E-state index in [0.717, 1.165) is 19.6 Å². The molecule has 1 aromatic rings. The molecule has 1 saturated carbocycles. The third-order valence-corrected chi connectivity index (χ3v) is 4.51. The van der Waals surface area contributed by atoms with Crippen LogP contribution in [0, 0.1) is 0 Å². The number of benzene rings is 1. The average Bonchev–Trinajstić information content (AvgIpc) is 3.29. The maximum atomic E-state index is 12.1. The summed E-state index contributed by atoms with van der Waals surface area (Å²) in [4.78, 5) is 15.3. The first-order valence-corrected chi connectivity index (χ1v) is 8.45. The number of carbonyl (C=O) groups excluding carboxylic acids is 1. The zero-order chi connectivity index (χ0) is 14.4. The van der Waals surface area contributed by atoms with Crippen LogP contribution in [0.5, 0.6) is 0 Å². The molecule has 3 nitrogen and oxygen atoms in total. The van der Waals surface area contributed by atoms with Crippen molar-refractivity contribution in [3.05, 3.63) is 29.8 Å². The highest BCUT2D eigenvalue weighted by molar-refractivity contribution is 8.00. The zero-order valence-corrected chi connectivity index (χ0v) is 13.2. The summed E-state index contributed by atoms with van der Waals surface area (Å²) in [6, 6.07) is 9.01. The highest BCUT2D eigenvalue weighted by Crippen LogP contribution is 2.28. The Morgan fingerprint density at radius 1 is 1.30 bits per heavy atom. The van der Waals surface area contributed by atoms with Crippen LogP contribution >= 0.6 is 11.8 Å². The second-order valence-electron chi connectivity index (χ2n) is 5.12. The first-order chi connectivity index (χ1) is 9.74. The lowest BCUT2D eigenvalue weighted by molar-refractivity contribution is -0.128. The van der Waals surface area contributed by atoms with Crippen molar-refractivity contribution in [2.45, 2.75) is 44.2 Å². The van der Waals surface area contributed by atoms with Crippen molar-refractivity contribution in [1.82, 2.24) is 10.2 Å². The number of rotatable bonds is 8. The standard InChI is InChI=1S/C16H24N2OS/c1-3-17-11-13-5-9-15(10-6-13)20-12-16(19)18(4-2)14-7-8-14/h5-6,9-10,14,17H,3-4,7-8,11-12H2,1-2H3. The van der Waals surface area contributed by atoms with E-state index >= 15 is 0 Å². The zero-order valence-electron chi connectivity index (χ0n) is 12.4. The van der Waals surface area contributed by atoms with Gasteiger partial charge in [0.2, 0.25) is 5.91 Å². The minimum absolute atomic E-state index is 0.275. The minimum atomic E-state index is 0.275. The molecule has 0 bridgehead atoms. The van der Waals surface area contributed by atoms with Gasteiger partial charge in [-0.05, 0) is 44.0 Å². The molecule has 2 rings (SSSR count). The van der Waals surface area contributed by atoms with Gasteiger partial charge in [-0.1, -0.05) is 19.1 Å². The fraction of sp³-hybridized carbons (Fsp3) is 0.562. The summed E-state index contributed by atoms with van der Waals surface area (Å²) < 4.78 is 0. The van der Waals surface area contributed by atoms with Crippen LogP contribution in [0.1, 0.15) is 32.3 Å². The Balaban J connectivity index is 1.79. The predicted octanol–water partition coefficient (Wildman–Crippen LogP) is 2.90. The SMILES string of the molecule is CCNCc1ccc(SCC(=O)N(CC)C2CC2)cc1. The highest BCUT2D eigenvalue weighted by Gasteiger charge is 2.30. The molecule has 0 aliphatic heterocycles. The van der Waals surface area contributed by atoms with Crippen LogP contribution in [0.3, 0.4) is 0 Å². The Kier molecular flexibility index (Phi) is 5.92. The largest absolute Gasteiger partial charge is 0.339 e. The maximum absolute atomic E-state index is 12.1. The predicted molar refractivity (Wildman–Crippen MR) is 85.0 cm³/mol. The van der Waals surface area contributed by atoms with Crippen LogP contribution in [-0.4, -0.2) is 35.7 Å². The van der Waals surface area contributed by atoms with Crippen LogP contribution in [-0.2, 0) is 11.3 Å². The van der Waals surface area contributed by atoms with Crippen molar-refractivity contribution in [3.8, 4) is 0 Å². The molecule has 20 heavy (non-hydrogen) atoms. The van der Waals surface area contributed by atoms with E-state index in [9.17, 15) is 4.79 Å². The summed E-state index contributed by atoms with van der Waals surface area (Å²) in [6.07, 6.45) is 2.37. The summed E-state index contributed by atoms with van der Waals surface area (Å²) in [5.41, 5.74) is 1.29. The Hall–Kier alpha value is -1.00. The molecular formula is C16H24N2OS. The van der Waals surface area contributed by atoms with Crippen LogP contribution in [0.15, 0.2) is 29.2 Å². The molecule has 0 aromatic heterocycles. The van der Waals surface area contributed by atoms with E-state index in [4.69, 9.17) is 0 Å². The van der Waals surface area contributed by atoms with Gasteiger partial charge < -0.3 is 10.2 Å². The van der Waals surface area contributed by atoms with Gasteiger partial charge in [-0.15, -0.1) is 11.8 Å². The monoisotopic (exact) mass is 292 g/mol. The Morgan fingerprint density at radius 2 is 2.00 bits per heavy atom. The second-order valence-corrected chi connectivity index (χ2v) is 6.17. The van der Waals surface area contributed by atoms with Gasteiger partial charge in [-0.2, -0.15) is 0 Å². The topological polar surface area (TPSA) is 32.3 Å². The lowest BCUT2D eigenvalue weighted by Gasteiger charge is -2.20. The molecule has 4 heteroatoms. The summed E-state index contributed by atoms with van der Waals surface area (Å²) in [7, 11) is 0. The van der Waals surface area contributed by atoms with Gasteiger partial charge in [0.25, 0.3) is 0 Å². The number of hydrogen-bond donors (Lipinski definition) is 1. The number of nitrogens with one attached hydrogen (secondary N) is 1. The molecule has 0 saturated heterocycles. The van der Waals surface area contributed by atoms with Gasteiger partial charge in [0.1, 0.15) is 0 Å². The van der Waals surface area contributed by atoms with Crippen LogP contribution in [0.4, 0.5) is 0 Å². The summed E-state index contributed by atoms with van der Waals surface area (Å²) in [6.45, 7) is 6.90. The van der Waals surface area contributed by atoms with Crippen molar-refractivity contribution in [3.63, 3.8) is 0 Å². The normalized spacial score (nSPS) is 14.3. The second kappa shape index (κ2) is 7.70. The maximum Gasteiger partial charge on any atom is 0.233 e. The Morgan fingerprint density at radius 3 is 2.55 bits per heavy atom. The van der Waals surface area contributed by atoms with E-state index in [0.29, 0.717) is 11.8 Å². The van der Waals surface area contributed by atoms with Gasteiger partial charge in [0, 0.05) is 24.0 Å². The molecule has 0 radical (unpaired) electrons. The minimum Gasteiger partial charge on any atom is -0.339 e. The third kappa shape index (κ3) is 4.53. The average molecular weight is 292 g/mol. The van der Waals surface area contributed by atoms with Crippen LogP contribution in [0.2, 0.25) is 0 Å². The molecule has 0 heterocycles. The van der Waals surface area contributed by atoms with Gasteiger partial charge in [0.05, 0.1) is 5.75 Å². The summed E-state index contributed by atoms with van der Waals surface area (Å²) >= 11 is 1.64. The fourth-order valence-corrected chi connectivity index (χ4v) is 3.01. The number of carbonyl (C=O) groups is 1. The molecule has 110 valence electrons. The first kappa shape index (κ1) is 15.4. The smallest absolute Gasteiger partial charge is 0.233 e. The molecule has 1 amide bonds. The highest BCUT2D eigenvalue weighted by atomic mass is 32.2. The molecule has 1 aliphatic carbocycles. The van der Waals surface area contributed by atoms with Gasteiger partial charge in [0.15, 0.2) is 0 Å². The molecule has 1 N–H and O–H groups in total. The van der Waals surface area contributed by atoms with Gasteiger partial charge >= 0.3 is 0 Å². The van der Waals surface area contributed by atoms with Crippen molar-refractivity contribution in [2.75, 3.05) is 18.8 Å². The van der Waals surface area contributed by atoms with E-state index in [-0.39, 0.29) is 5.91 Å². The lowest BCUT2D eigenvalue weighted by Crippen LogP contribution is -2.34. The molecule has 0 unspecified atom stereocenters. The number of hydrogen-bond acceptors (Lipinski definition) is 3. The van der Waals surface area contributed by atoms with E-state index in [1.807, 2.05) is 4.90 Å². The van der Waals surface area contributed by atoms with Crippen molar-refractivity contribution < 1.29 is 4.79 Å². The number of nitrogens with zero attached hydrogens (tertiary/aromatic N) is 1. The van der Waals surface area contributed by atoms with Crippen molar-refractivity contribution in [1.29, 1.82) is 0 Å². The van der Waals surface area contributed by atoms with E-state index < -0.39 is 0 Å². The van der Waals surface area contributed by atoms with E-state index in [2.05, 4.69) is 43.4 Å². The van der Waals surface area contributed by atoms with Crippen molar-refractivity contribution >= 4 is 17.7 Å². The quantitative estimate of drug-likeness (QED) is 0.748. The number of thioether (sulfide) groups is 1. The van der Waals surface area contributed by atoms with Crippen LogP contribution in [0.25, 0.3) is 0 Å². The molecule has 0 spiro atoms. The molecule has 1 aromatic carbocycles. The molecule has 0 atom stereocenters. The molecular weight excluding hydrogens is 268 g/mol. The van der Waals surface area contributed by atoms with E-state index in [1.54, 1.807) is 11.8 Å². The summed E-state index contributed by atoms with van der Waals surface area (Å²) in [5.74, 6) is 0.827. The van der Waals surface area contributed by atoms with Gasteiger partial charge in [-0.3, -0.25) is 4.79 Å². The van der Waals surface area contributed by atoms with Gasteiger partial charge in [-0.25, -0.2) is 0 Å². The molecule has 1 aliphatic rings. The number of amides is 1. The summed E-state index contributed by atoms with van der Waals surface area (Å²) in [5, 5.41) is 3.31. The Bertz CT molecular complexity index is 429. The third-order valence-electron chi connectivity index (χ3n) is 3.51. The molecule has 1 fully saturated rings.